The Labute approximate surface area is 154 Å². The van der Waals surface area contributed by atoms with Gasteiger partial charge in [0, 0.05) is 18.5 Å². The average molecular weight is 378 g/mol. The van der Waals surface area contributed by atoms with E-state index in [-0.39, 0.29) is 23.9 Å². The van der Waals surface area contributed by atoms with Crippen molar-refractivity contribution in [2.24, 2.45) is 5.92 Å². The van der Waals surface area contributed by atoms with E-state index in [4.69, 9.17) is 27.9 Å². The molecule has 128 valence electrons. The van der Waals surface area contributed by atoms with E-state index >= 15 is 0 Å². The highest BCUT2D eigenvalue weighted by atomic mass is 35.5. The van der Waals surface area contributed by atoms with Crippen LogP contribution in [-0.4, -0.2) is 24.7 Å². The summed E-state index contributed by atoms with van der Waals surface area (Å²) in [6.07, 6.45) is 0.738. The first kappa shape index (κ1) is 17.5. The standard InChI is InChI=1S/C18H13Cl2NO4/c19-14-2-1-3-15(17(14)20)21-9-12(8-16(21)23)18(24)25-13-6-4-11(10-22)5-7-13/h1-7,10,12H,8-9H2/t12-/m0/s1. The summed E-state index contributed by atoms with van der Waals surface area (Å²) < 4.78 is 5.29. The van der Waals surface area contributed by atoms with Crippen molar-refractivity contribution in [2.45, 2.75) is 6.42 Å². The van der Waals surface area contributed by atoms with E-state index < -0.39 is 11.9 Å². The molecule has 1 heterocycles. The maximum Gasteiger partial charge on any atom is 0.316 e. The van der Waals surface area contributed by atoms with Gasteiger partial charge in [-0.05, 0) is 36.4 Å². The third-order valence-electron chi connectivity index (χ3n) is 3.92. The van der Waals surface area contributed by atoms with Crippen LogP contribution in [0, 0.1) is 5.92 Å². The van der Waals surface area contributed by atoms with Crippen molar-refractivity contribution in [1.29, 1.82) is 0 Å². The van der Waals surface area contributed by atoms with Gasteiger partial charge in [0.05, 0.1) is 21.7 Å². The van der Waals surface area contributed by atoms with Gasteiger partial charge in [-0.25, -0.2) is 0 Å². The van der Waals surface area contributed by atoms with E-state index in [1.807, 2.05) is 0 Å². The number of rotatable bonds is 4. The molecule has 2 aromatic carbocycles. The number of ether oxygens (including phenoxy) is 1. The summed E-state index contributed by atoms with van der Waals surface area (Å²) in [5.41, 5.74) is 0.961. The van der Waals surface area contributed by atoms with Crippen LogP contribution in [0.5, 0.6) is 5.75 Å². The number of hydrogen-bond donors (Lipinski definition) is 0. The number of halogens is 2. The minimum absolute atomic E-state index is 0.0358. The van der Waals surface area contributed by atoms with Crippen LogP contribution in [0.3, 0.4) is 0 Å². The van der Waals surface area contributed by atoms with Gasteiger partial charge in [0.15, 0.2) is 0 Å². The number of anilines is 1. The van der Waals surface area contributed by atoms with Gasteiger partial charge in [0.1, 0.15) is 12.0 Å². The molecule has 1 atom stereocenters. The molecule has 1 aliphatic heterocycles. The number of benzene rings is 2. The van der Waals surface area contributed by atoms with Crippen molar-refractivity contribution < 1.29 is 19.1 Å². The largest absolute Gasteiger partial charge is 0.426 e. The molecule has 0 aromatic heterocycles. The molecule has 0 unspecified atom stereocenters. The Bertz CT molecular complexity index is 835. The fourth-order valence-electron chi connectivity index (χ4n) is 2.61. The number of aldehydes is 1. The topological polar surface area (TPSA) is 63.7 Å². The smallest absolute Gasteiger partial charge is 0.316 e. The zero-order valence-corrected chi connectivity index (χ0v) is 14.5. The van der Waals surface area contributed by atoms with Gasteiger partial charge in [-0.3, -0.25) is 14.4 Å². The SMILES string of the molecule is O=Cc1ccc(OC(=O)[C@H]2CC(=O)N(c3cccc(Cl)c3Cl)C2)cc1. The Morgan fingerprint density at radius 3 is 2.56 bits per heavy atom. The highest BCUT2D eigenvalue weighted by molar-refractivity contribution is 6.44. The first-order chi connectivity index (χ1) is 12.0. The molecule has 0 radical (unpaired) electrons. The van der Waals surface area contributed by atoms with E-state index in [1.54, 1.807) is 30.3 Å². The lowest BCUT2D eigenvalue weighted by Gasteiger charge is -2.18. The summed E-state index contributed by atoms with van der Waals surface area (Å²) in [5, 5.41) is 0.615. The molecule has 5 nitrogen and oxygen atoms in total. The number of carbonyl (C=O) groups excluding carboxylic acids is 3. The van der Waals surface area contributed by atoms with Crippen LogP contribution in [0.1, 0.15) is 16.8 Å². The monoisotopic (exact) mass is 377 g/mol. The third-order valence-corrected chi connectivity index (χ3v) is 4.72. The predicted octanol–water partition coefficient (Wildman–Crippen LogP) is 3.76. The third kappa shape index (κ3) is 3.67. The van der Waals surface area contributed by atoms with E-state index in [1.165, 1.54) is 17.0 Å². The highest BCUT2D eigenvalue weighted by Crippen LogP contribution is 2.36. The molecule has 1 fully saturated rings. The Hall–Kier alpha value is -2.37. The van der Waals surface area contributed by atoms with Crippen molar-refractivity contribution in [3.05, 3.63) is 58.1 Å². The number of hydrogen-bond acceptors (Lipinski definition) is 4. The number of nitrogens with zero attached hydrogens (tertiary/aromatic N) is 1. The van der Waals surface area contributed by atoms with Gasteiger partial charge in [-0.2, -0.15) is 0 Å². The molecular weight excluding hydrogens is 365 g/mol. The van der Waals surface area contributed by atoms with Crippen molar-refractivity contribution >= 4 is 47.1 Å². The second-order valence-electron chi connectivity index (χ2n) is 5.59. The molecule has 2 aromatic rings. The van der Waals surface area contributed by atoms with Gasteiger partial charge in [0.2, 0.25) is 5.91 Å². The molecule has 0 aliphatic carbocycles. The van der Waals surface area contributed by atoms with Crippen LogP contribution in [0.4, 0.5) is 5.69 Å². The molecule has 1 aliphatic rings. The van der Waals surface area contributed by atoms with Gasteiger partial charge < -0.3 is 9.64 Å². The maximum absolute atomic E-state index is 12.3. The lowest BCUT2D eigenvalue weighted by atomic mass is 10.1. The van der Waals surface area contributed by atoms with Crippen LogP contribution >= 0.6 is 23.2 Å². The lowest BCUT2D eigenvalue weighted by molar-refractivity contribution is -0.139. The molecule has 0 spiro atoms. The zero-order valence-electron chi connectivity index (χ0n) is 12.9. The summed E-state index contributed by atoms with van der Waals surface area (Å²) in [4.78, 5) is 36.7. The zero-order chi connectivity index (χ0) is 18.0. The first-order valence-electron chi connectivity index (χ1n) is 7.51. The van der Waals surface area contributed by atoms with Crippen LogP contribution in [0.25, 0.3) is 0 Å². The number of amides is 1. The molecule has 0 N–H and O–H groups in total. The molecule has 0 bridgehead atoms. The summed E-state index contributed by atoms with van der Waals surface area (Å²) in [7, 11) is 0. The van der Waals surface area contributed by atoms with Crippen molar-refractivity contribution in [1.82, 2.24) is 0 Å². The van der Waals surface area contributed by atoms with E-state index in [9.17, 15) is 14.4 Å². The molecule has 1 amide bonds. The Morgan fingerprint density at radius 2 is 1.88 bits per heavy atom. The number of carbonyl (C=O) groups is 3. The summed E-state index contributed by atoms with van der Waals surface area (Å²) in [6.45, 7) is 0.171. The molecule has 25 heavy (non-hydrogen) atoms. The summed E-state index contributed by atoms with van der Waals surface area (Å²) in [5.74, 6) is -1.01. The molecule has 1 saturated heterocycles. The Kier molecular flexibility index (Phi) is 5.06. The van der Waals surface area contributed by atoms with Crippen molar-refractivity contribution in [3.8, 4) is 5.75 Å². The van der Waals surface area contributed by atoms with Gasteiger partial charge in [-0.15, -0.1) is 0 Å². The first-order valence-corrected chi connectivity index (χ1v) is 8.26. The molecular formula is C18H13Cl2NO4. The van der Waals surface area contributed by atoms with Crippen LogP contribution in [0.15, 0.2) is 42.5 Å². The van der Waals surface area contributed by atoms with Gasteiger partial charge in [-0.1, -0.05) is 29.3 Å². The molecule has 7 heteroatoms. The maximum atomic E-state index is 12.3. The highest BCUT2D eigenvalue weighted by Gasteiger charge is 2.37. The fraction of sp³-hybridized carbons (Fsp3) is 0.167. The van der Waals surface area contributed by atoms with Crippen LogP contribution < -0.4 is 9.64 Å². The second-order valence-corrected chi connectivity index (χ2v) is 6.37. The van der Waals surface area contributed by atoms with E-state index in [2.05, 4.69) is 0 Å². The summed E-state index contributed by atoms with van der Waals surface area (Å²) in [6, 6.07) is 11.2. The van der Waals surface area contributed by atoms with Crippen LogP contribution in [0.2, 0.25) is 10.0 Å². The Morgan fingerprint density at radius 1 is 1.16 bits per heavy atom. The van der Waals surface area contributed by atoms with E-state index in [0.29, 0.717) is 28.3 Å². The summed E-state index contributed by atoms with van der Waals surface area (Å²) >= 11 is 12.1. The normalized spacial score (nSPS) is 16.8. The van der Waals surface area contributed by atoms with E-state index in [0.717, 1.165) is 0 Å². The van der Waals surface area contributed by atoms with Gasteiger partial charge in [0.25, 0.3) is 0 Å². The molecule has 0 saturated carbocycles. The van der Waals surface area contributed by atoms with Gasteiger partial charge >= 0.3 is 5.97 Å². The number of esters is 1. The minimum Gasteiger partial charge on any atom is -0.426 e. The average Bonchev–Trinajstić information content (AvgIpc) is 3.00. The second kappa shape index (κ2) is 7.25. The van der Waals surface area contributed by atoms with Crippen molar-refractivity contribution in [3.63, 3.8) is 0 Å². The quantitative estimate of drug-likeness (QED) is 0.462. The fourth-order valence-corrected chi connectivity index (χ4v) is 3.01. The lowest BCUT2D eigenvalue weighted by Crippen LogP contribution is -2.27. The molecule has 3 rings (SSSR count). The Balaban J connectivity index is 1.72. The predicted molar refractivity (Wildman–Crippen MR) is 94.4 cm³/mol. The van der Waals surface area contributed by atoms with Crippen LogP contribution in [-0.2, 0) is 9.59 Å². The van der Waals surface area contributed by atoms with Crippen molar-refractivity contribution in [2.75, 3.05) is 11.4 Å². The minimum atomic E-state index is -0.603.